The van der Waals surface area contributed by atoms with Gasteiger partial charge in [0.25, 0.3) is 5.91 Å². The molecule has 0 aromatic heterocycles. The summed E-state index contributed by atoms with van der Waals surface area (Å²) < 4.78 is 5.62. The predicted octanol–water partition coefficient (Wildman–Crippen LogP) is 4.05. The summed E-state index contributed by atoms with van der Waals surface area (Å²) in [6.45, 7) is 5.82. The maximum atomic E-state index is 13.0. The highest BCUT2D eigenvalue weighted by molar-refractivity contribution is 6.32. The van der Waals surface area contributed by atoms with Crippen LogP contribution in [0.3, 0.4) is 0 Å². The van der Waals surface area contributed by atoms with E-state index in [1.165, 1.54) is 0 Å². The fourth-order valence-corrected chi connectivity index (χ4v) is 3.05. The van der Waals surface area contributed by atoms with Crippen molar-refractivity contribution in [1.82, 2.24) is 10.2 Å². The molecule has 2 amide bonds. The lowest BCUT2D eigenvalue weighted by Crippen LogP contribution is -2.51. The Morgan fingerprint density at radius 2 is 1.71 bits per heavy atom. The van der Waals surface area contributed by atoms with Gasteiger partial charge >= 0.3 is 0 Å². The van der Waals surface area contributed by atoms with Crippen molar-refractivity contribution in [3.05, 3.63) is 65.2 Å². The van der Waals surface area contributed by atoms with Crippen molar-refractivity contribution in [1.29, 1.82) is 0 Å². The Balaban J connectivity index is 2.19. The Hall–Kier alpha value is -2.53. The number of rotatable bonds is 9. The van der Waals surface area contributed by atoms with Gasteiger partial charge in [-0.2, -0.15) is 0 Å². The first-order valence-corrected chi connectivity index (χ1v) is 9.81. The lowest BCUT2D eigenvalue weighted by Gasteiger charge is -2.31. The number of benzene rings is 2. The maximum Gasteiger partial charge on any atom is 0.261 e. The van der Waals surface area contributed by atoms with Crippen molar-refractivity contribution < 1.29 is 14.3 Å². The van der Waals surface area contributed by atoms with Crippen molar-refractivity contribution in [3.63, 3.8) is 0 Å². The van der Waals surface area contributed by atoms with Gasteiger partial charge in [0.2, 0.25) is 5.91 Å². The molecule has 0 bridgehead atoms. The lowest BCUT2D eigenvalue weighted by atomic mass is 10.1. The molecule has 6 heteroatoms. The van der Waals surface area contributed by atoms with Crippen LogP contribution in [0.15, 0.2) is 54.6 Å². The topological polar surface area (TPSA) is 58.6 Å². The van der Waals surface area contributed by atoms with Gasteiger partial charge in [-0.05, 0) is 38.0 Å². The second-order valence-corrected chi connectivity index (χ2v) is 7.22. The van der Waals surface area contributed by atoms with Gasteiger partial charge in [-0.3, -0.25) is 9.59 Å². The summed E-state index contributed by atoms with van der Waals surface area (Å²) >= 11 is 6.10. The highest BCUT2D eigenvalue weighted by Gasteiger charge is 2.29. The molecule has 0 unspecified atom stereocenters. The molecule has 1 N–H and O–H groups in total. The number of nitrogens with zero attached hydrogens (tertiary/aromatic N) is 1. The van der Waals surface area contributed by atoms with Crippen LogP contribution in [0.25, 0.3) is 0 Å². The Bertz CT molecular complexity index is 780. The Morgan fingerprint density at radius 3 is 2.32 bits per heavy atom. The third kappa shape index (κ3) is 6.27. The SMILES string of the molecule is CC[C@H](C(=O)NC(C)C)N(Cc1ccccc1)C(=O)COc1ccccc1Cl. The Labute approximate surface area is 171 Å². The Morgan fingerprint density at radius 1 is 1.07 bits per heavy atom. The molecule has 0 aliphatic carbocycles. The van der Waals surface area contributed by atoms with Crippen LogP contribution in [0, 0.1) is 0 Å². The largest absolute Gasteiger partial charge is 0.482 e. The number of ether oxygens (including phenoxy) is 1. The van der Waals surface area contributed by atoms with E-state index in [2.05, 4.69) is 5.32 Å². The number of halogens is 1. The molecule has 28 heavy (non-hydrogen) atoms. The molecule has 0 aliphatic heterocycles. The fraction of sp³-hybridized carbons (Fsp3) is 0.364. The van der Waals surface area contributed by atoms with Gasteiger partial charge in [0, 0.05) is 12.6 Å². The summed E-state index contributed by atoms with van der Waals surface area (Å²) in [5.41, 5.74) is 0.949. The van der Waals surface area contributed by atoms with E-state index in [9.17, 15) is 9.59 Å². The molecule has 0 spiro atoms. The smallest absolute Gasteiger partial charge is 0.261 e. The summed E-state index contributed by atoms with van der Waals surface area (Å²) in [5, 5.41) is 3.34. The maximum absolute atomic E-state index is 13.0. The number of para-hydroxylation sites is 1. The van der Waals surface area contributed by atoms with Gasteiger partial charge in [-0.1, -0.05) is 61.0 Å². The highest BCUT2D eigenvalue weighted by Crippen LogP contribution is 2.23. The first-order chi connectivity index (χ1) is 13.4. The highest BCUT2D eigenvalue weighted by atomic mass is 35.5. The van der Waals surface area contributed by atoms with Gasteiger partial charge in [-0.25, -0.2) is 0 Å². The van der Waals surface area contributed by atoms with Gasteiger partial charge in [0.1, 0.15) is 11.8 Å². The third-order valence-corrected chi connectivity index (χ3v) is 4.51. The van der Waals surface area contributed by atoms with Crippen LogP contribution in [0.2, 0.25) is 5.02 Å². The summed E-state index contributed by atoms with van der Waals surface area (Å²) in [7, 11) is 0. The molecule has 1 atom stereocenters. The minimum absolute atomic E-state index is 0.00500. The molecule has 2 aromatic rings. The van der Waals surface area contributed by atoms with Crippen molar-refractivity contribution >= 4 is 23.4 Å². The molecule has 150 valence electrons. The predicted molar refractivity (Wildman–Crippen MR) is 111 cm³/mol. The molecule has 5 nitrogen and oxygen atoms in total. The zero-order valence-electron chi connectivity index (χ0n) is 16.5. The molecule has 0 aliphatic rings. The quantitative estimate of drug-likeness (QED) is 0.688. The molecule has 0 radical (unpaired) electrons. The number of carbonyl (C=O) groups is 2. The van der Waals surface area contributed by atoms with Crippen LogP contribution in [0.5, 0.6) is 5.75 Å². The average molecular weight is 403 g/mol. The zero-order valence-corrected chi connectivity index (χ0v) is 17.3. The van der Waals surface area contributed by atoms with E-state index in [1.807, 2.05) is 51.1 Å². The molecule has 0 heterocycles. The summed E-state index contributed by atoms with van der Waals surface area (Å²) in [6.07, 6.45) is 0.503. The van der Waals surface area contributed by atoms with Crippen molar-refractivity contribution in [3.8, 4) is 5.75 Å². The summed E-state index contributed by atoms with van der Waals surface area (Å²) in [4.78, 5) is 27.3. The van der Waals surface area contributed by atoms with E-state index in [4.69, 9.17) is 16.3 Å². The van der Waals surface area contributed by atoms with E-state index < -0.39 is 6.04 Å². The molecule has 0 saturated carbocycles. The standard InChI is InChI=1S/C22H27ClN2O3/c1-4-19(22(27)24-16(2)3)25(14-17-10-6-5-7-11-17)21(26)15-28-20-13-9-8-12-18(20)23/h5-13,16,19H,4,14-15H2,1-3H3,(H,24,27)/t19-/m1/s1. The van der Waals surface area contributed by atoms with Crippen molar-refractivity contribution in [2.45, 2.75) is 45.8 Å². The molecule has 2 aromatic carbocycles. The van der Waals surface area contributed by atoms with Gasteiger partial charge in [0.15, 0.2) is 6.61 Å². The van der Waals surface area contributed by atoms with Gasteiger partial charge in [0.05, 0.1) is 5.02 Å². The lowest BCUT2D eigenvalue weighted by molar-refractivity contribution is -0.143. The van der Waals surface area contributed by atoms with Crippen molar-refractivity contribution in [2.24, 2.45) is 0 Å². The number of carbonyl (C=O) groups excluding carboxylic acids is 2. The first kappa shape index (κ1) is 21.8. The van der Waals surface area contributed by atoms with Crippen LogP contribution in [-0.2, 0) is 16.1 Å². The van der Waals surface area contributed by atoms with Crippen LogP contribution in [0.1, 0.15) is 32.8 Å². The summed E-state index contributed by atoms with van der Waals surface area (Å²) in [6, 6.07) is 16.0. The number of nitrogens with one attached hydrogen (secondary N) is 1. The van der Waals surface area contributed by atoms with Crippen molar-refractivity contribution in [2.75, 3.05) is 6.61 Å². The van der Waals surface area contributed by atoms with E-state index in [0.29, 0.717) is 23.7 Å². The van der Waals surface area contributed by atoms with E-state index in [-0.39, 0.29) is 24.5 Å². The van der Waals surface area contributed by atoms with Gasteiger partial charge < -0.3 is 15.0 Å². The first-order valence-electron chi connectivity index (χ1n) is 9.43. The van der Waals surface area contributed by atoms with E-state index >= 15 is 0 Å². The molecule has 0 saturated heterocycles. The average Bonchev–Trinajstić information content (AvgIpc) is 2.67. The second-order valence-electron chi connectivity index (χ2n) is 6.81. The molecule has 0 fully saturated rings. The van der Waals surface area contributed by atoms with Crippen LogP contribution in [-0.4, -0.2) is 35.4 Å². The number of hydrogen-bond acceptors (Lipinski definition) is 3. The minimum atomic E-state index is -0.579. The van der Waals surface area contributed by atoms with Crippen LogP contribution < -0.4 is 10.1 Å². The number of hydrogen-bond donors (Lipinski definition) is 1. The minimum Gasteiger partial charge on any atom is -0.482 e. The monoisotopic (exact) mass is 402 g/mol. The molecule has 2 rings (SSSR count). The van der Waals surface area contributed by atoms with Gasteiger partial charge in [-0.15, -0.1) is 0 Å². The molecular formula is C22H27ClN2O3. The zero-order chi connectivity index (χ0) is 20.5. The second kappa shape index (κ2) is 10.7. The summed E-state index contributed by atoms with van der Waals surface area (Å²) in [5.74, 6) is 0.00547. The van der Waals surface area contributed by atoms with Crippen LogP contribution >= 0.6 is 11.6 Å². The van der Waals surface area contributed by atoms with E-state index in [0.717, 1.165) is 5.56 Å². The normalized spacial score (nSPS) is 11.8. The fourth-order valence-electron chi connectivity index (χ4n) is 2.86. The number of amides is 2. The third-order valence-electron chi connectivity index (χ3n) is 4.20. The van der Waals surface area contributed by atoms with Crippen LogP contribution in [0.4, 0.5) is 0 Å². The van der Waals surface area contributed by atoms with E-state index in [1.54, 1.807) is 29.2 Å². The Kier molecular flexibility index (Phi) is 8.33. The molecular weight excluding hydrogens is 376 g/mol.